The lowest BCUT2D eigenvalue weighted by molar-refractivity contribution is 0.0693. The number of carbonyl (C=O) groups is 1. The van der Waals surface area contributed by atoms with E-state index in [9.17, 15) is 9.90 Å². The minimum absolute atomic E-state index is 0.0509. The number of carboxylic acids is 1. The molecular formula is C20H18O3. The molecule has 3 heteroatoms. The van der Waals surface area contributed by atoms with Crippen LogP contribution in [0.2, 0.25) is 0 Å². The van der Waals surface area contributed by atoms with Gasteiger partial charge in [0.05, 0.1) is 0 Å². The van der Waals surface area contributed by atoms with Crippen molar-refractivity contribution < 1.29 is 15.0 Å². The Bertz CT molecular complexity index is 728. The standard InChI is InChI=1S/C12H10.C8H8O3/c1-3-7-11(8-4-1)12-9-5-2-6-10-12;1-5-3-2-4-6(7(5)9)8(10)11/h1-10H;2-4,9H,1H3,(H,10,11). The first-order chi connectivity index (χ1) is 11.1. The Labute approximate surface area is 135 Å². The maximum atomic E-state index is 10.4. The molecule has 0 aliphatic carbocycles. The number of para-hydroxylation sites is 1. The summed E-state index contributed by atoms with van der Waals surface area (Å²) in [6.07, 6.45) is 0. The zero-order chi connectivity index (χ0) is 16.7. The van der Waals surface area contributed by atoms with Crippen molar-refractivity contribution in [1.82, 2.24) is 0 Å². The minimum Gasteiger partial charge on any atom is -0.507 e. The maximum Gasteiger partial charge on any atom is 0.339 e. The third kappa shape index (κ3) is 4.45. The molecular weight excluding hydrogens is 288 g/mol. The number of phenols is 1. The van der Waals surface area contributed by atoms with Crippen LogP contribution in [-0.2, 0) is 0 Å². The molecule has 0 bridgehead atoms. The van der Waals surface area contributed by atoms with Gasteiger partial charge >= 0.3 is 5.97 Å². The number of aromatic carboxylic acids is 1. The second kappa shape index (κ2) is 7.80. The van der Waals surface area contributed by atoms with Crippen LogP contribution in [0, 0.1) is 6.92 Å². The van der Waals surface area contributed by atoms with Gasteiger partial charge in [-0.15, -0.1) is 0 Å². The van der Waals surface area contributed by atoms with Crippen molar-refractivity contribution in [1.29, 1.82) is 0 Å². The Morgan fingerprint density at radius 1 is 0.739 bits per heavy atom. The summed E-state index contributed by atoms with van der Waals surface area (Å²) in [5, 5.41) is 17.7. The number of aromatic hydroxyl groups is 1. The molecule has 3 nitrogen and oxygen atoms in total. The number of benzene rings is 3. The molecule has 2 N–H and O–H groups in total. The largest absolute Gasteiger partial charge is 0.507 e. The topological polar surface area (TPSA) is 57.5 Å². The fourth-order valence-electron chi connectivity index (χ4n) is 2.09. The van der Waals surface area contributed by atoms with Crippen molar-refractivity contribution in [2.24, 2.45) is 0 Å². The van der Waals surface area contributed by atoms with Crippen LogP contribution in [0.3, 0.4) is 0 Å². The molecule has 0 aromatic heterocycles. The molecule has 23 heavy (non-hydrogen) atoms. The molecule has 0 amide bonds. The lowest BCUT2D eigenvalue weighted by atomic mass is 10.1. The van der Waals surface area contributed by atoms with Crippen molar-refractivity contribution in [3.8, 4) is 16.9 Å². The van der Waals surface area contributed by atoms with Crippen molar-refractivity contribution in [3.63, 3.8) is 0 Å². The van der Waals surface area contributed by atoms with Crippen LogP contribution in [0.5, 0.6) is 5.75 Å². The molecule has 0 heterocycles. The first-order valence-corrected chi connectivity index (χ1v) is 7.22. The van der Waals surface area contributed by atoms with E-state index in [-0.39, 0.29) is 11.3 Å². The molecule has 0 saturated carbocycles. The van der Waals surface area contributed by atoms with Gasteiger partial charge in [0, 0.05) is 0 Å². The highest BCUT2D eigenvalue weighted by atomic mass is 16.4. The first kappa shape index (κ1) is 16.3. The maximum absolute atomic E-state index is 10.4. The third-order valence-electron chi connectivity index (χ3n) is 3.35. The summed E-state index contributed by atoms with van der Waals surface area (Å²) in [5.74, 6) is -1.26. The first-order valence-electron chi connectivity index (χ1n) is 7.22. The van der Waals surface area contributed by atoms with Crippen LogP contribution >= 0.6 is 0 Å². The second-order valence-electron chi connectivity index (χ2n) is 5.01. The molecule has 0 unspecified atom stereocenters. The van der Waals surface area contributed by atoms with E-state index >= 15 is 0 Å². The van der Waals surface area contributed by atoms with Gasteiger partial charge in [-0.3, -0.25) is 0 Å². The summed E-state index contributed by atoms with van der Waals surface area (Å²) in [6, 6.07) is 25.4. The number of carboxylic acid groups (broad SMARTS) is 1. The third-order valence-corrected chi connectivity index (χ3v) is 3.35. The fraction of sp³-hybridized carbons (Fsp3) is 0.0500. The predicted molar refractivity (Wildman–Crippen MR) is 91.7 cm³/mol. The van der Waals surface area contributed by atoms with E-state index in [2.05, 4.69) is 48.5 Å². The van der Waals surface area contributed by atoms with Crippen LogP contribution in [0.25, 0.3) is 11.1 Å². The Hall–Kier alpha value is -3.07. The van der Waals surface area contributed by atoms with Gasteiger partial charge in [0.2, 0.25) is 0 Å². The normalized spacial score (nSPS) is 9.61. The molecule has 3 aromatic carbocycles. The molecule has 0 fully saturated rings. The van der Waals surface area contributed by atoms with Gasteiger partial charge in [0.1, 0.15) is 11.3 Å². The molecule has 0 aliphatic rings. The fourth-order valence-corrected chi connectivity index (χ4v) is 2.09. The van der Waals surface area contributed by atoms with Crippen LogP contribution in [0.4, 0.5) is 0 Å². The Kier molecular flexibility index (Phi) is 5.53. The van der Waals surface area contributed by atoms with Gasteiger partial charge in [0.15, 0.2) is 0 Å². The summed E-state index contributed by atoms with van der Waals surface area (Å²) in [7, 11) is 0. The van der Waals surface area contributed by atoms with Gasteiger partial charge in [-0.2, -0.15) is 0 Å². The van der Waals surface area contributed by atoms with Gasteiger partial charge in [-0.25, -0.2) is 4.79 Å². The SMILES string of the molecule is Cc1cccc(C(=O)O)c1O.c1ccc(-c2ccccc2)cc1. The number of rotatable bonds is 2. The smallest absolute Gasteiger partial charge is 0.339 e. The summed E-state index contributed by atoms with van der Waals surface area (Å²) in [4.78, 5) is 10.4. The van der Waals surface area contributed by atoms with Gasteiger partial charge in [0.25, 0.3) is 0 Å². The number of aryl methyl sites for hydroxylation is 1. The van der Waals surface area contributed by atoms with Crippen LogP contribution < -0.4 is 0 Å². The Morgan fingerprint density at radius 3 is 1.61 bits per heavy atom. The van der Waals surface area contributed by atoms with E-state index in [1.165, 1.54) is 17.2 Å². The average molecular weight is 306 g/mol. The monoisotopic (exact) mass is 306 g/mol. The molecule has 116 valence electrons. The molecule has 0 atom stereocenters. The Morgan fingerprint density at radius 2 is 1.22 bits per heavy atom. The average Bonchev–Trinajstić information content (AvgIpc) is 2.59. The highest BCUT2D eigenvalue weighted by Gasteiger charge is 2.09. The number of hydrogen-bond donors (Lipinski definition) is 2. The van der Waals surface area contributed by atoms with Crippen molar-refractivity contribution in [2.45, 2.75) is 6.92 Å². The summed E-state index contributed by atoms with van der Waals surface area (Å²) in [6.45, 7) is 1.65. The predicted octanol–water partition coefficient (Wildman–Crippen LogP) is 4.75. The number of hydrogen-bond acceptors (Lipinski definition) is 2. The molecule has 0 aliphatic heterocycles. The molecule has 3 aromatic rings. The second-order valence-corrected chi connectivity index (χ2v) is 5.01. The zero-order valence-electron chi connectivity index (χ0n) is 12.8. The summed E-state index contributed by atoms with van der Waals surface area (Å²) >= 11 is 0. The lowest BCUT2D eigenvalue weighted by Gasteiger charge is -2.00. The minimum atomic E-state index is -1.11. The van der Waals surface area contributed by atoms with E-state index < -0.39 is 5.97 Å². The molecule has 0 saturated heterocycles. The van der Waals surface area contributed by atoms with E-state index in [0.29, 0.717) is 5.56 Å². The van der Waals surface area contributed by atoms with Crippen molar-refractivity contribution in [3.05, 3.63) is 90.0 Å². The van der Waals surface area contributed by atoms with E-state index in [1.54, 1.807) is 19.1 Å². The van der Waals surface area contributed by atoms with Crippen molar-refractivity contribution in [2.75, 3.05) is 0 Å². The Balaban J connectivity index is 0.000000168. The van der Waals surface area contributed by atoms with Crippen LogP contribution in [0.15, 0.2) is 78.9 Å². The molecule has 3 rings (SSSR count). The lowest BCUT2D eigenvalue weighted by Crippen LogP contribution is -1.96. The van der Waals surface area contributed by atoms with Crippen molar-refractivity contribution >= 4 is 5.97 Å². The summed E-state index contributed by atoms with van der Waals surface area (Å²) < 4.78 is 0. The van der Waals surface area contributed by atoms with Crippen LogP contribution in [0.1, 0.15) is 15.9 Å². The van der Waals surface area contributed by atoms with E-state index in [0.717, 1.165) is 0 Å². The highest BCUT2D eigenvalue weighted by molar-refractivity contribution is 5.91. The summed E-state index contributed by atoms with van der Waals surface area (Å²) in [5.41, 5.74) is 3.08. The molecule has 0 radical (unpaired) electrons. The quantitative estimate of drug-likeness (QED) is 0.718. The van der Waals surface area contributed by atoms with Gasteiger partial charge in [-0.05, 0) is 29.7 Å². The van der Waals surface area contributed by atoms with Crippen LogP contribution in [-0.4, -0.2) is 16.2 Å². The highest BCUT2D eigenvalue weighted by Crippen LogP contribution is 2.20. The van der Waals surface area contributed by atoms with Gasteiger partial charge in [-0.1, -0.05) is 72.8 Å². The zero-order valence-corrected chi connectivity index (χ0v) is 12.8. The van der Waals surface area contributed by atoms with Gasteiger partial charge < -0.3 is 10.2 Å². The van der Waals surface area contributed by atoms with E-state index in [1.807, 2.05) is 12.1 Å². The van der Waals surface area contributed by atoms with E-state index in [4.69, 9.17) is 5.11 Å². The molecule has 0 spiro atoms.